The Morgan fingerprint density at radius 3 is 2.89 bits per heavy atom. The number of hydrogen-bond acceptors (Lipinski definition) is 4. The molecule has 0 aliphatic heterocycles. The smallest absolute Gasteiger partial charge is 0.169 e. The molecular formula is C14H12FN3O. The molecule has 4 nitrogen and oxygen atoms in total. The second kappa shape index (κ2) is 4.44. The van der Waals surface area contributed by atoms with Gasteiger partial charge in [0.15, 0.2) is 11.4 Å². The van der Waals surface area contributed by atoms with Gasteiger partial charge in [-0.3, -0.25) is 0 Å². The van der Waals surface area contributed by atoms with E-state index in [0.29, 0.717) is 22.7 Å². The molecule has 0 saturated carbocycles. The Hall–Kier alpha value is -2.27. The van der Waals surface area contributed by atoms with Crippen molar-refractivity contribution in [3.05, 3.63) is 59.6 Å². The molecule has 2 aromatic heterocycles. The Kier molecular flexibility index (Phi) is 2.76. The van der Waals surface area contributed by atoms with Gasteiger partial charge in [0.05, 0.1) is 5.69 Å². The third-order valence-electron chi connectivity index (χ3n) is 2.94. The Bertz CT molecular complexity index is 738. The van der Waals surface area contributed by atoms with Gasteiger partial charge in [-0.1, -0.05) is 12.1 Å². The van der Waals surface area contributed by atoms with Crippen LogP contribution in [0.25, 0.3) is 11.0 Å². The molecule has 2 N–H and O–H groups in total. The van der Waals surface area contributed by atoms with Crippen LogP contribution >= 0.6 is 0 Å². The summed E-state index contributed by atoms with van der Waals surface area (Å²) in [5.41, 5.74) is 6.96. The van der Waals surface area contributed by atoms with Gasteiger partial charge in [-0.05, 0) is 25.1 Å². The van der Waals surface area contributed by atoms with Crippen LogP contribution in [0, 0.1) is 12.7 Å². The lowest BCUT2D eigenvalue weighted by Gasteiger charge is -2.07. The summed E-state index contributed by atoms with van der Waals surface area (Å²) in [5, 5.41) is 0.691. The highest BCUT2D eigenvalue weighted by molar-refractivity contribution is 5.78. The number of hydrogen-bond donors (Lipinski definition) is 1. The number of para-hydroxylation sites is 1. The molecule has 0 amide bonds. The summed E-state index contributed by atoms with van der Waals surface area (Å²) in [6.45, 7) is 1.79. The maximum atomic E-state index is 13.6. The van der Waals surface area contributed by atoms with Crippen LogP contribution in [0.3, 0.4) is 0 Å². The lowest BCUT2D eigenvalue weighted by Crippen LogP contribution is -2.13. The highest BCUT2D eigenvalue weighted by atomic mass is 19.1. The number of fused-ring (bicyclic) bond motifs is 1. The average molecular weight is 257 g/mol. The molecule has 0 aliphatic carbocycles. The second-order valence-electron chi connectivity index (χ2n) is 4.31. The molecule has 96 valence electrons. The number of furan rings is 1. The topological polar surface area (TPSA) is 64.9 Å². The summed E-state index contributed by atoms with van der Waals surface area (Å²) in [5.74, 6) is 0.725. The molecule has 1 aromatic carbocycles. The normalized spacial score (nSPS) is 12.8. The molecule has 0 spiro atoms. The largest absolute Gasteiger partial charge is 0.456 e. The monoisotopic (exact) mass is 257 g/mol. The molecular weight excluding hydrogens is 245 g/mol. The summed E-state index contributed by atoms with van der Waals surface area (Å²) >= 11 is 0. The SMILES string of the molecule is Cc1nccc(C(N)c2cc3cccc(F)c3o2)n1. The first-order valence-corrected chi connectivity index (χ1v) is 5.88. The van der Waals surface area contributed by atoms with Gasteiger partial charge in [-0.2, -0.15) is 0 Å². The van der Waals surface area contributed by atoms with Gasteiger partial charge in [0, 0.05) is 11.6 Å². The van der Waals surface area contributed by atoms with Crippen molar-refractivity contribution in [1.82, 2.24) is 9.97 Å². The minimum Gasteiger partial charge on any atom is -0.456 e. The van der Waals surface area contributed by atoms with Gasteiger partial charge < -0.3 is 10.2 Å². The zero-order valence-corrected chi connectivity index (χ0v) is 10.3. The van der Waals surface area contributed by atoms with E-state index in [1.54, 1.807) is 37.4 Å². The Labute approximate surface area is 109 Å². The van der Waals surface area contributed by atoms with Gasteiger partial charge in [-0.25, -0.2) is 14.4 Å². The fourth-order valence-corrected chi connectivity index (χ4v) is 1.99. The van der Waals surface area contributed by atoms with Crippen LogP contribution in [-0.2, 0) is 0 Å². The van der Waals surface area contributed by atoms with Gasteiger partial charge in [0.25, 0.3) is 0 Å². The van der Waals surface area contributed by atoms with Gasteiger partial charge >= 0.3 is 0 Å². The van der Waals surface area contributed by atoms with E-state index < -0.39 is 11.9 Å². The molecule has 0 bridgehead atoms. The molecule has 2 heterocycles. The van der Waals surface area contributed by atoms with E-state index in [9.17, 15) is 4.39 Å². The first kappa shape index (κ1) is 11.8. The van der Waals surface area contributed by atoms with E-state index in [1.807, 2.05) is 0 Å². The fraction of sp³-hybridized carbons (Fsp3) is 0.143. The van der Waals surface area contributed by atoms with Crippen LogP contribution in [0.2, 0.25) is 0 Å². The minimum atomic E-state index is -0.534. The van der Waals surface area contributed by atoms with Crippen molar-refractivity contribution in [1.29, 1.82) is 0 Å². The molecule has 3 aromatic rings. The minimum absolute atomic E-state index is 0.221. The van der Waals surface area contributed by atoms with Gasteiger partial charge in [0.1, 0.15) is 17.6 Å². The average Bonchev–Trinajstić information content (AvgIpc) is 2.83. The maximum Gasteiger partial charge on any atom is 0.169 e. The zero-order valence-electron chi connectivity index (χ0n) is 10.3. The van der Waals surface area contributed by atoms with E-state index in [-0.39, 0.29) is 5.58 Å². The van der Waals surface area contributed by atoms with Crippen LogP contribution in [-0.4, -0.2) is 9.97 Å². The molecule has 1 unspecified atom stereocenters. The van der Waals surface area contributed by atoms with Crippen LogP contribution < -0.4 is 5.73 Å². The lowest BCUT2D eigenvalue weighted by molar-refractivity contribution is 0.498. The van der Waals surface area contributed by atoms with E-state index in [2.05, 4.69) is 9.97 Å². The fourth-order valence-electron chi connectivity index (χ4n) is 1.99. The maximum absolute atomic E-state index is 13.6. The van der Waals surface area contributed by atoms with Crippen molar-refractivity contribution >= 4 is 11.0 Å². The van der Waals surface area contributed by atoms with E-state index in [4.69, 9.17) is 10.2 Å². The standard InChI is InChI=1S/C14H12FN3O/c1-8-17-6-5-11(18-8)13(16)12-7-9-3-2-4-10(15)14(9)19-12/h2-7,13H,16H2,1H3. The highest BCUT2D eigenvalue weighted by Gasteiger charge is 2.17. The Morgan fingerprint density at radius 1 is 1.32 bits per heavy atom. The molecule has 0 fully saturated rings. The molecule has 1 atom stereocenters. The Balaban J connectivity index is 2.06. The lowest BCUT2D eigenvalue weighted by atomic mass is 10.1. The number of rotatable bonds is 2. The molecule has 5 heteroatoms. The van der Waals surface area contributed by atoms with Crippen molar-refractivity contribution in [3.8, 4) is 0 Å². The van der Waals surface area contributed by atoms with Crippen molar-refractivity contribution in [2.75, 3.05) is 0 Å². The summed E-state index contributed by atoms with van der Waals surface area (Å²) in [4.78, 5) is 8.27. The molecule has 0 aliphatic rings. The third kappa shape index (κ3) is 2.08. The molecule has 19 heavy (non-hydrogen) atoms. The van der Waals surface area contributed by atoms with E-state index >= 15 is 0 Å². The number of aryl methyl sites for hydroxylation is 1. The number of nitrogens with two attached hydrogens (primary N) is 1. The van der Waals surface area contributed by atoms with E-state index in [0.717, 1.165) is 0 Å². The van der Waals surface area contributed by atoms with Crippen LogP contribution in [0.15, 0.2) is 40.9 Å². The van der Waals surface area contributed by atoms with Crippen LogP contribution in [0.5, 0.6) is 0 Å². The van der Waals surface area contributed by atoms with Crippen molar-refractivity contribution in [2.45, 2.75) is 13.0 Å². The third-order valence-corrected chi connectivity index (χ3v) is 2.94. The predicted octanol–water partition coefficient (Wildman–Crippen LogP) is 2.72. The summed E-state index contributed by atoms with van der Waals surface area (Å²) in [6, 6.07) is 7.70. The Morgan fingerprint density at radius 2 is 2.16 bits per heavy atom. The zero-order chi connectivity index (χ0) is 13.4. The van der Waals surface area contributed by atoms with Crippen LogP contribution in [0.4, 0.5) is 4.39 Å². The first-order chi connectivity index (χ1) is 9.15. The quantitative estimate of drug-likeness (QED) is 0.766. The second-order valence-corrected chi connectivity index (χ2v) is 4.31. The summed E-state index contributed by atoms with van der Waals surface area (Å²) in [6.07, 6.45) is 1.64. The van der Waals surface area contributed by atoms with E-state index in [1.165, 1.54) is 6.07 Å². The summed E-state index contributed by atoms with van der Waals surface area (Å²) in [7, 11) is 0. The number of nitrogens with zero attached hydrogens (tertiary/aromatic N) is 2. The first-order valence-electron chi connectivity index (χ1n) is 5.88. The van der Waals surface area contributed by atoms with Gasteiger partial charge in [0.2, 0.25) is 0 Å². The highest BCUT2D eigenvalue weighted by Crippen LogP contribution is 2.27. The molecule has 3 rings (SSSR count). The molecule has 0 saturated heterocycles. The number of halogens is 1. The van der Waals surface area contributed by atoms with Gasteiger partial charge in [-0.15, -0.1) is 0 Å². The number of aromatic nitrogens is 2. The van der Waals surface area contributed by atoms with Crippen molar-refractivity contribution in [3.63, 3.8) is 0 Å². The van der Waals surface area contributed by atoms with Crippen molar-refractivity contribution in [2.24, 2.45) is 5.73 Å². The summed E-state index contributed by atoms with van der Waals surface area (Å²) < 4.78 is 19.1. The number of benzene rings is 1. The molecule has 0 radical (unpaired) electrons. The van der Waals surface area contributed by atoms with Crippen LogP contribution in [0.1, 0.15) is 23.3 Å². The predicted molar refractivity (Wildman–Crippen MR) is 69.0 cm³/mol. The van der Waals surface area contributed by atoms with Crippen molar-refractivity contribution < 1.29 is 8.81 Å².